The van der Waals surface area contributed by atoms with Gasteiger partial charge in [0.2, 0.25) is 5.82 Å². The number of hydrogen-bond acceptors (Lipinski definition) is 6. The number of nitrogens with zero attached hydrogens (tertiary/aromatic N) is 5. The van der Waals surface area contributed by atoms with E-state index >= 15 is 0 Å². The molecule has 0 unspecified atom stereocenters. The number of hydrogen-bond donors (Lipinski definition) is 0. The molecular formula is C23H15Cl2N5O2. The van der Waals surface area contributed by atoms with E-state index in [0.717, 1.165) is 22.2 Å². The molecule has 0 saturated heterocycles. The van der Waals surface area contributed by atoms with Crippen molar-refractivity contribution in [2.75, 3.05) is 0 Å². The van der Waals surface area contributed by atoms with Crippen LogP contribution in [0.5, 0.6) is 0 Å². The van der Waals surface area contributed by atoms with Crippen LogP contribution in [0.4, 0.5) is 0 Å². The van der Waals surface area contributed by atoms with Gasteiger partial charge in [-0.2, -0.15) is 4.98 Å². The van der Waals surface area contributed by atoms with E-state index in [1.165, 1.54) is 12.4 Å². The van der Waals surface area contributed by atoms with Crippen LogP contribution < -0.4 is 0 Å². The summed E-state index contributed by atoms with van der Waals surface area (Å²) in [6, 6.07) is 13.1. The third-order valence-corrected chi connectivity index (χ3v) is 5.80. The first kappa shape index (κ1) is 20.4. The molecule has 0 fully saturated rings. The van der Waals surface area contributed by atoms with Gasteiger partial charge in [0, 0.05) is 45.6 Å². The summed E-state index contributed by atoms with van der Waals surface area (Å²) in [5, 5.41) is 5.81. The van der Waals surface area contributed by atoms with Crippen molar-refractivity contribution in [3.05, 3.63) is 93.8 Å². The second kappa shape index (κ2) is 8.18. The van der Waals surface area contributed by atoms with Crippen LogP contribution >= 0.6 is 23.2 Å². The minimum Gasteiger partial charge on any atom is -0.340 e. The first-order valence-corrected chi connectivity index (χ1v) is 10.4. The van der Waals surface area contributed by atoms with E-state index in [1.54, 1.807) is 18.3 Å². The lowest BCUT2D eigenvalue weighted by atomic mass is 10.1. The van der Waals surface area contributed by atoms with E-state index in [0.29, 0.717) is 27.8 Å². The van der Waals surface area contributed by atoms with Gasteiger partial charge in [0.15, 0.2) is 0 Å². The third-order valence-electron chi connectivity index (χ3n) is 5.21. The molecule has 0 aliphatic rings. The Morgan fingerprint density at radius 3 is 2.75 bits per heavy atom. The highest BCUT2D eigenvalue weighted by atomic mass is 35.5. The summed E-state index contributed by atoms with van der Waals surface area (Å²) < 4.78 is 7.31. The van der Waals surface area contributed by atoms with Crippen molar-refractivity contribution in [1.29, 1.82) is 0 Å². The van der Waals surface area contributed by atoms with Gasteiger partial charge in [-0.25, -0.2) is 4.98 Å². The van der Waals surface area contributed by atoms with Gasteiger partial charge >= 0.3 is 0 Å². The number of carbonyl (C=O) groups excluding carboxylic acids is 1. The number of benzene rings is 2. The molecule has 5 aromatic rings. The average molecular weight is 464 g/mol. The van der Waals surface area contributed by atoms with Crippen LogP contribution in [0.1, 0.15) is 27.5 Å². The largest absolute Gasteiger partial charge is 0.340 e. The first-order valence-electron chi connectivity index (χ1n) is 9.69. The molecule has 0 radical (unpaired) electrons. The summed E-state index contributed by atoms with van der Waals surface area (Å²) in [4.78, 5) is 25.8. The van der Waals surface area contributed by atoms with Crippen LogP contribution in [0.25, 0.3) is 22.4 Å². The fraction of sp³-hybridized carbons (Fsp3) is 0.0870. The summed E-state index contributed by atoms with van der Waals surface area (Å²) in [5.74, 6) is -0.265. The number of halogens is 2. The molecule has 0 amide bonds. The van der Waals surface area contributed by atoms with Gasteiger partial charge in [-0.3, -0.25) is 9.78 Å². The van der Waals surface area contributed by atoms with Gasteiger partial charge in [-0.1, -0.05) is 52.6 Å². The van der Waals surface area contributed by atoms with E-state index < -0.39 is 0 Å². The number of aromatic nitrogens is 5. The molecule has 3 heterocycles. The van der Waals surface area contributed by atoms with Crippen LogP contribution in [-0.2, 0) is 6.54 Å². The first-order chi connectivity index (χ1) is 15.5. The van der Waals surface area contributed by atoms with E-state index in [9.17, 15) is 4.79 Å². The molecule has 0 aliphatic heterocycles. The normalized spacial score (nSPS) is 11.2. The SMILES string of the molecule is Cc1c(C(=O)c2nc(-c3cnccn3)no2)c2ccccc2n1Cc1ccc(Cl)cc1Cl. The maximum Gasteiger partial charge on any atom is 0.299 e. The number of carbonyl (C=O) groups is 1. The highest BCUT2D eigenvalue weighted by Gasteiger charge is 2.26. The van der Waals surface area contributed by atoms with Crippen molar-refractivity contribution in [1.82, 2.24) is 24.7 Å². The number of fused-ring (bicyclic) bond motifs is 1. The Labute approximate surface area is 192 Å². The summed E-state index contributed by atoms with van der Waals surface area (Å²) in [5.41, 5.74) is 3.48. The maximum absolute atomic E-state index is 13.4. The molecule has 158 valence electrons. The van der Waals surface area contributed by atoms with Crippen LogP contribution in [0.2, 0.25) is 10.0 Å². The quantitative estimate of drug-likeness (QED) is 0.325. The Balaban J connectivity index is 1.58. The summed E-state index contributed by atoms with van der Waals surface area (Å²) in [6.07, 6.45) is 4.57. The van der Waals surface area contributed by atoms with Gasteiger partial charge in [0.05, 0.1) is 11.8 Å². The molecule has 5 rings (SSSR count). The highest BCUT2D eigenvalue weighted by Crippen LogP contribution is 2.30. The van der Waals surface area contributed by atoms with E-state index in [1.807, 2.05) is 41.8 Å². The molecule has 7 nitrogen and oxygen atoms in total. The van der Waals surface area contributed by atoms with E-state index in [2.05, 4.69) is 20.1 Å². The van der Waals surface area contributed by atoms with Crippen molar-refractivity contribution in [3.8, 4) is 11.5 Å². The summed E-state index contributed by atoms with van der Waals surface area (Å²) in [7, 11) is 0. The Hall–Kier alpha value is -3.55. The number of ketones is 1. The maximum atomic E-state index is 13.4. The second-order valence-electron chi connectivity index (χ2n) is 7.14. The zero-order chi connectivity index (χ0) is 22.2. The summed E-state index contributed by atoms with van der Waals surface area (Å²) in [6.45, 7) is 2.36. The molecule has 0 saturated carbocycles. The van der Waals surface area contributed by atoms with Crippen molar-refractivity contribution in [2.45, 2.75) is 13.5 Å². The van der Waals surface area contributed by atoms with Crippen LogP contribution in [0.15, 0.2) is 65.6 Å². The number of rotatable bonds is 5. The summed E-state index contributed by atoms with van der Waals surface area (Å²) >= 11 is 12.4. The molecule has 32 heavy (non-hydrogen) atoms. The molecule has 9 heteroatoms. The average Bonchev–Trinajstić information content (AvgIpc) is 3.40. The van der Waals surface area contributed by atoms with Gasteiger partial charge in [0.1, 0.15) is 5.69 Å². The molecule has 0 bridgehead atoms. The molecule has 0 spiro atoms. The molecule has 2 aromatic carbocycles. The smallest absolute Gasteiger partial charge is 0.299 e. The number of para-hydroxylation sites is 1. The van der Waals surface area contributed by atoms with Crippen molar-refractivity contribution in [3.63, 3.8) is 0 Å². The minimum atomic E-state index is -0.359. The third kappa shape index (κ3) is 3.55. The highest BCUT2D eigenvalue weighted by molar-refractivity contribution is 6.35. The van der Waals surface area contributed by atoms with Gasteiger partial charge in [0.25, 0.3) is 11.7 Å². The zero-order valence-electron chi connectivity index (χ0n) is 16.8. The lowest BCUT2D eigenvalue weighted by Gasteiger charge is -2.10. The fourth-order valence-electron chi connectivity index (χ4n) is 3.68. The zero-order valence-corrected chi connectivity index (χ0v) is 18.3. The minimum absolute atomic E-state index is 0.110. The van der Waals surface area contributed by atoms with E-state index in [-0.39, 0.29) is 17.5 Å². The van der Waals surface area contributed by atoms with Gasteiger partial charge in [-0.15, -0.1) is 0 Å². The standard InChI is InChI=1S/C23H15Cl2N5O2/c1-13-20(21(31)23-28-22(29-32-23)18-11-26-8-9-27-18)16-4-2-3-5-19(16)30(13)12-14-6-7-15(24)10-17(14)25/h2-11H,12H2,1H3. The molecule has 0 N–H and O–H groups in total. The fourth-order valence-corrected chi connectivity index (χ4v) is 4.15. The van der Waals surface area contributed by atoms with Gasteiger partial charge < -0.3 is 9.09 Å². The van der Waals surface area contributed by atoms with Crippen LogP contribution in [0.3, 0.4) is 0 Å². The Morgan fingerprint density at radius 2 is 1.97 bits per heavy atom. The predicted molar refractivity (Wildman–Crippen MR) is 121 cm³/mol. The van der Waals surface area contributed by atoms with Crippen molar-refractivity contribution >= 4 is 39.9 Å². The second-order valence-corrected chi connectivity index (χ2v) is 7.99. The van der Waals surface area contributed by atoms with Crippen molar-refractivity contribution in [2.24, 2.45) is 0 Å². The van der Waals surface area contributed by atoms with Crippen LogP contribution in [0, 0.1) is 6.92 Å². The Morgan fingerprint density at radius 1 is 1.12 bits per heavy atom. The lowest BCUT2D eigenvalue weighted by molar-refractivity contribution is 0.0994. The van der Waals surface area contributed by atoms with Crippen LogP contribution in [-0.4, -0.2) is 30.5 Å². The van der Waals surface area contributed by atoms with E-state index in [4.69, 9.17) is 27.7 Å². The molecule has 0 aliphatic carbocycles. The molecule has 3 aromatic heterocycles. The monoisotopic (exact) mass is 463 g/mol. The van der Waals surface area contributed by atoms with Gasteiger partial charge in [-0.05, 0) is 30.7 Å². The topological polar surface area (TPSA) is 86.7 Å². The molecular weight excluding hydrogens is 449 g/mol. The molecule has 0 atom stereocenters. The Bertz CT molecular complexity index is 1460. The van der Waals surface area contributed by atoms with Crippen molar-refractivity contribution < 1.29 is 9.32 Å². The lowest BCUT2D eigenvalue weighted by Crippen LogP contribution is -2.07. The predicted octanol–water partition coefficient (Wildman–Crippen LogP) is 5.38. The Kier molecular flexibility index (Phi) is 5.20.